The van der Waals surface area contributed by atoms with E-state index in [0.717, 1.165) is 36.5 Å². The lowest BCUT2D eigenvalue weighted by Crippen LogP contribution is -2.13. The Bertz CT molecular complexity index is 1310. The van der Waals surface area contributed by atoms with Crippen LogP contribution < -0.4 is 10.1 Å². The average Bonchev–Trinajstić information content (AvgIpc) is 2.73. The fraction of sp³-hybridized carbons (Fsp3) is 0.0500. The number of hydrogen-bond acceptors (Lipinski definition) is 6. The number of hydrogen-bond donors (Lipinski definition) is 2. The fourth-order valence-corrected chi connectivity index (χ4v) is 3.88. The van der Waals surface area contributed by atoms with Crippen LogP contribution in [-0.4, -0.2) is 19.6 Å². The van der Waals surface area contributed by atoms with Gasteiger partial charge in [0.05, 0.1) is 27.3 Å². The molecule has 0 amide bonds. The standard InChI is InChI=1S/C20H14ClF3N4O4S/c21-15-2-1-3-16(10-15)27-33(31,32)17-8-9-18(19(11-17)28(29)30)26-25-12-13-4-6-14(7-5-13)20(22,23)24/h1-12,26-27H. The maximum atomic E-state index is 12.6. The lowest BCUT2D eigenvalue weighted by Gasteiger charge is -2.09. The van der Waals surface area contributed by atoms with Gasteiger partial charge in [-0.05, 0) is 48.0 Å². The van der Waals surface area contributed by atoms with Crippen molar-refractivity contribution < 1.29 is 26.5 Å². The minimum atomic E-state index is -4.47. The number of alkyl halides is 3. The predicted octanol–water partition coefficient (Wildman–Crippen LogP) is 5.51. The number of nitro groups is 1. The molecule has 3 aromatic rings. The zero-order valence-electron chi connectivity index (χ0n) is 16.4. The molecule has 172 valence electrons. The highest BCUT2D eigenvalue weighted by atomic mass is 35.5. The van der Waals surface area contributed by atoms with Gasteiger partial charge in [0, 0.05) is 11.1 Å². The molecule has 3 rings (SSSR count). The quantitative estimate of drug-likeness (QED) is 0.253. The largest absolute Gasteiger partial charge is 0.416 e. The molecular weight excluding hydrogens is 485 g/mol. The van der Waals surface area contributed by atoms with Gasteiger partial charge in [-0.25, -0.2) is 8.42 Å². The number of nitrogens with zero attached hydrogens (tertiary/aromatic N) is 2. The van der Waals surface area contributed by atoms with Crippen LogP contribution in [0, 0.1) is 10.1 Å². The van der Waals surface area contributed by atoms with Gasteiger partial charge < -0.3 is 0 Å². The van der Waals surface area contributed by atoms with Crippen LogP contribution >= 0.6 is 11.6 Å². The minimum absolute atomic E-state index is 0.120. The maximum Gasteiger partial charge on any atom is 0.416 e. The summed E-state index contributed by atoms with van der Waals surface area (Å²) >= 11 is 5.83. The van der Waals surface area contributed by atoms with E-state index in [1.807, 2.05) is 0 Å². The monoisotopic (exact) mass is 498 g/mol. The number of sulfonamides is 1. The highest BCUT2D eigenvalue weighted by Crippen LogP contribution is 2.30. The molecule has 0 bridgehead atoms. The number of hydrazone groups is 1. The molecule has 33 heavy (non-hydrogen) atoms. The first-order valence-electron chi connectivity index (χ1n) is 8.99. The van der Waals surface area contributed by atoms with Gasteiger partial charge in [0.25, 0.3) is 15.7 Å². The topological polar surface area (TPSA) is 114 Å². The Kier molecular flexibility index (Phi) is 6.89. The number of benzene rings is 3. The molecule has 2 N–H and O–H groups in total. The lowest BCUT2D eigenvalue weighted by atomic mass is 10.1. The maximum absolute atomic E-state index is 12.6. The van der Waals surface area contributed by atoms with Crippen LogP contribution in [0.15, 0.2) is 76.7 Å². The number of rotatable bonds is 7. The Labute approximate surface area is 190 Å². The third-order valence-electron chi connectivity index (χ3n) is 4.19. The van der Waals surface area contributed by atoms with Crippen LogP contribution in [0.3, 0.4) is 0 Å². The third-order valence-corrected chi connectivity index (χ3v) is 5.80. The van der Waals surface area contributed by atoms with E-state index in [0.29, 0.717) is 10.6 Å². The van der Waals surface area contributed by atoms with Crippen LogP contribution in [-0.2, 0) is 16.2 Å². The van der Waals surface area contributed by atoms with Gasteiger partial charge in [-0.2, -0.15) is 18.3 Å². The molecule has 0 saturated heterocycles. The fourth-order valence-electron chi connectivity index (χ4n) is 2.62. The SMILES string of the molecule is O=[N+]([O-])c1cc(S(=O)(=O)Nc2cccc(Cl)c2)ccc1NN=Cc1ccc(C(F)(F)F)cc1. The van der Waals surface area contributed by atoms with E-state index in [1.165, 1.54) is 30.3 Å². The molecule has 0 aliphatic rings. The Balaban J connectivity index is 1.80. The van der Waals surface area contributed by atoms with E-state index in [9.17, 15) is 31.7 Å². The number of anilines is 2. The highest BCUT2D eigenvalue weighted by Gasteiger charge is 2.29. The van der Waals surface area contributed by atoms with Gasteiger partial charge in [-0.3, -0.25) is 20.3 Å². The van der Waals surface area contributed by atoms with Crippen molar-refractivity contribution in [2.75, 3.05) is 10.1 Å². The second-order valence-corrected chi connectivity index (χ2v) is 8.66. The first kappa shape index (κ1) is 24.0. The molecule has 0 spiro atoms. The molecule has 13 heteroatoms. The van der Waals surface area contributed by atoms with Gasteiger partial charge in [-0.15, -0.1) is 0 Å². The second-order valence-electron chi connectivity index (χ2n) is 6.54. The van der Waals surface area contributed by atoms with Crippen molar-refractivity contribution in [3.63, 3.8) is 0 Å². The molecule has 0 saturated carbocycles. The summed E-state index contributed by atoms with van der Waals surface area (Å²) in [5.41, 5.74) is 1.36. The highest BCUT2D eigenvalue weighted by molar-refractivity contribution is 7.92. The molecule has 0 radical (unpaired) electrons. The molecule has 0 aliphatic heterocycles. The number of nitro benzene ring substituents is 1. The summed E-state index contributed by atoms with van der Waals surface area (Å²) in [6.45, 7) is 0. The lowest BCUT2D eigenvalue weighted by molar-refractivity contribution is -0.384. The summed E-state index contributed by atoms with van der Waals surface area (Å²) in [4.78, 5) is 10.3. The van der Waals surface area contributed by atoms with Crippen LogP contribution in [0.25, 0.3) is 0 Å². The number of nitrogens with one attached hydrogen (secondary N) is 2. The molecule has 8 nitrogen and oxygen atoms in total. The molecule has 0 unspecified atom stereocenters. The summed E-state index contributed by atoms with van der Waals surface area (Å²) in [7, 11) is -4.15. The number of halogens is 4. The van der Waals surface area contributed by atoms with Gasteiger partial charge in [0.15, 0.2) is 0 Å². The normalized spacial score (nSPS) is 12.0. The zero-order valence-corrected chi connectivity index (χ0v) is 17.9. The van der Waals surface area contributed by atoms with Gasteiger partial charge in [0.1, 0.15) is 5.69 Å². The second kappa shape index (κ2) is 9.46. The Morgan fingerprint density at radius 1 is 1.03 bits per heavy atom. The van der Waals surface area contributed by atoms with E-state index >= 15 is 0 Å². The summed E-state index contributed by atoms with van der Waals surface area (Å²) in [5.74, 6) is 0. The molecule has 3 aromatic carbocycles. The molecule has 0 fully saturated rings. The van der Waals surface area contributed by atoms with E-state index in [2.05, 4.69) is 15.2 Å². The molecule has 0 aliphatic carbocycles. The zero-order chi connectivity index (χ0) is 24.2. The summed E-state index contributed by atoms with van der Waals surface area (Å²) in [6.07, 6.45) is -3.31. The van der Waals surface area contributed by atoms with Crippen molar-refractivity contribution in [2.24, 2.45) is 5.10 Å². The van der Waals surface area contributed by atoms with Crippen LogP contribution in [0.5, 0.6) is 0 Å². The van der Waals surface area contributed by atoms with E-state index in [1.54, 1.807) is 6.07 Å². The van der Waals surface area contributed by atoms with Crippen molar-refractivity contribution in [1.82, 2.24) is 0 Å². The summed E-state index contributed by atoms with van der Waals surface area (Å²) in [5, 5.41) is 15.5. The van der Waals surface area contributed by atoms with E-state index < -0.39 is 32.4 Å². The smallest absolute Gasteiger partial charge is 0.280 e. The summed E-state index contributed by atoms with van der Waals surface area (Å²) in [6, 6.07) is 13.2. The van der Waals surface area contributed by atoms with Gasteiger partial charge >= 0.3 is 6.18 Å². The Morgan fingerprint density at radius 2 is 1.73 bits per heavy atom. The first-order valence-corrected chi connectivity index (χ1v) is 10.8. The molecule has 0 heterocycles. The third kappa shape index (κ3) is 6.20. The van der Waals surface area contributed by atoms with E-state index in [4.69, 9.17) is 11.6 Å². The predicted molar refractivity (Wildman–Crippen MR) is 118 cm³/mol. The van der Waals surface area contributed by atoms with Crippen molar-refractivity contribution in [3.8, 4) is 0 Å². The Morgan fingerprint density at radius 3 is 2.33 bits per heavy atom. The van der Waals surface area contributed by atoms with Crippen molar-refractivity contribution in [1.29, 1.82) is 0 Å². The molecular formula is C20H14ClF3N4O4S. The minimum Gasteiger partial charge on any atom is -0.280 e. The van der Waals surface area contributed by atoms with Crippen LogP contribution in [0.4, 0.5) is 30.2 Å². The molecule has 0 atom stereocenters. The van der Waals surface area contributed by atoms with Crippen LogP contribution in [0.2, 0.25) is 5.02 Å². The van der Waals surface area contributed by atoms with E-state index in [-0.39, 0.29) is 16.3 Å². The van der Waals surface area contributed by atoms with Crippen molar-refractivity contribution in [2.45, 2.75) is 11.1 Å². The molecule has 0 aromatic heterocycles. The Hall–Kier alpha value is -3.64. The van der Waals surface area contributed by atoms with Gasteiger partial charge in [-0.1, -0.05) is 29.8 Å². The van der Waals surface area contributed by atoms with Gasteiger partial charge in [0.2, 0.25) is 0 Å². The first-order chi connectivity index (χ1) is 15.5. The van der Waals surface area contributed by atoms with Crippen LogP contribution in [0.1, 0.15) is 11.1 Å². The average molecular weight is 499 g/mol. The van der Waals surface area contributed by atoms with Crippen molar-refractivity contribution in [3.05, 3.63) is 93.0 Å². The van der Waals surface area contributed by atoms with Crippen molar-refractivity contribution >= 4 is 44.9 Å². The summed E-state index contributed by atoms with van der Waals surface area (Å²) < 4.78 is 65.3.